The molecular weight excluding hydrogens is 254 g/mol. The van der Waals surface area contributed by atoms with Crippen LogP contribution < -0.4 is 11.2 Å². The number of fused-ring (bicyclic) bond motifs is 2. The molecule has 2 N–H and O–H groups in total. The lowest BCUT2D eigenvalue weighted by Crippen LogP contribution is -2.07. The molecule has 1 aromatic carbocycles. The molecule has 2 heterocycles. The zero-order valence-corrected chi connectivity index (χ0v) is 11.0. The van der Waals surface area contributed by atoms with Crippen LogP contribution in [-0.2, 0) is 0 Å². The number of rotatable bonds is 0. The van der Waals surface area contributed by atoms with Crippen molar-refractivity contribution in [2.24, 2.45) is 0 Å². The first-order chi connectivity index (χ1) is 9.51. The van der Waals surface area contributed by atoms with Gasteiger partial charge in [0, 0.05) is 0 Å². The molecule has 3 aromatic rings. The standard InChI is InChI=1S/C15H11N3O2/c1-7-3-8(2)12-11(4-7)20-15-10(13(12)19)5-9(6-16)14(17)18-15/h3-5H,1-2H3,(H2,17,18). The smallest absolute Gasteiger partial charge is 0.232 e. The quantitative estimate of drug-likeness (QED) is 0.630. The number of aryl methyl sites for hydroxylation is 2. The normalized spacial score (nSPS) is 10.8. The van der Waals surface area contributed by atoms with Crippen molar-refractivity contribution in [1.29, 1.82) is 5.26 Å². The average Bonchev–Trinajstić information content (AvgIpc) is 2.37. The van der Waals surface area contributed by atoms with Crippen LogP contribution in [0.5, 0.6) is 0 Å². The topological polar surface area (TPSA) is 92.9 Å². The van der Waals surface area contributed by atoms with Crippen LogP contribution in [0.25, 0.3) is 22.1 Å². The van der Waals surface area contributed by atoms with Crippen LogP contribution in [0.3, 0.4) is 0 Å². The van der Waals surface area contributed by atoms with E-state index >= 15 is 0 Å². The van der Waals surface area contributed by atoms with Gasteiger partial charge in [-0.1, -0.05) is 6.07 Å². The van der Waals surface area contributed by atoms with Gasteiger partial charge in [-0.05, 0) is 37.1 Å². The van der Waals surface area contributed by atoms with Gasteiger partial charge in [-0.15, -0.1) is 0 Å². The maximum absolute atomic E-state index is 12.5. The Morgan fingerprint density at radius 2 is 2.05 bits per heavy atom. The van der Waals surface area contributed by atoms with Crippen molar-refractivity contribution in [3.05, 3.63) is 45.1 Å². The molecule has 0 aliphatic rings. The molecule has 0 bridgehead atoms. The number of hydrogen-bond donors (Lipinski definition) is 1. The molecule has 5 nitrogen and oxygen atoms in total. The number of nitrogen functional groups attached to an aromatic ring is 1. The van der Waals surface area contributed by atoms with Gasteiger partial charge in [0.2, 0.25) is 11.1 Å². The van der Waals surface area contributed by atoms with Crippen molar-refractivity contribution < 1.29 is 4.42 Å². The van der Waals surface area contributed by atoms with Crippen molar-refractivity contribution in [2.75, 3.05) is 5.73 Å². The summed E-state index contributed by atoms with van der Waals surface area (Å²) in [7, 11) is 0. The molecule has 0 unspecified atom stereocenters. The highest BCUT2D eigenvalue weighted by Gasteiger charge is 2.13. The average molecular weight is 265 g/mol. The van der Waals surface area contributed by atoms with Gasteiger partial charge in [0.25, 0.3) is 0 Å². The predicted octanol–water partition coefficient (Wildman–Crippen LogP) is 2.41. The molecule has 0 fully saturated rings. The summed E-state index contributed by atoms with van der Waals surface area (Å²) < 4.78 is 5.67. The van der Waals surface area contributed by atoms with Gasteiger partial charge in [-0.3, -0.25) is 4.79 Å². The summed E-state index contributed by atoms with van der Waals surface area (Å²) in [6.07, 6.45) is 0. The highest BCUT2D eigenvalue weighted by atomic mass is 16.3. The summed E-state index contributed by atoms with van der Waals surface area (Å²) in [5.74, 6) is 0.0619. The van der Waals surface area contributed by atoms with Crippen LogP contribution in [0.1, 0.15) is 16.7 Å². The van der Waals surface area contributed by atoms with Crippen molar-refractivity contribution in [3.8, 4) is 6.07 Å². The number of nitrogens with zero attached hydrogens (tertiary/aromatic N) is 2. The number of pyridine rings is 1. The molecule has 20 heavy (non-hydrogen) atoms. The Labute approximate surface area is 114 Å². The van der Waals surface area contributed by atoms with Gasteiger partial charge in [0.15, 0.2) is 0 Å². The minimum atomic E-state index is -0.192. The number of benzene rings is 1. The molecule has 3 rings (SSSR count). The lowest BCUT2D eigenvalue weighted by molar-refractivity contribution is 0.645. The van der Waals surface area contributed by atoms with E-state index in [0.29, 0.717) is 11.0 Å². The van der Waals surface area contributed by atoms with Gasteiger partial charge in [-0.2, -0.15) is 10.2 Å². The molecule has 0 aliphatic carbocycles. The van der Waals surface area contributed by atoms with Crippen molar-refractivity contribution in [1.82, 2.24) is 4.98 Å². The Kier molecular flexibility index (Phi) is 2.48. The second kappa shape index (κ2) is 4.07. The number of anilines is 1. The zero-order valence-electron chi connectivity index (χ0n) is 11.0. The van der Waals surface area contributed by atoms with Gasteiger partial charge >= 0.3 is 0 Å². The zero-order chi connectivity index (χ0) is 14.4. The van der Waals surface area contributed by atoms with E-state index < -0.39 is 0 Å². The first-order valence-corrected chi connectivity index (χ1v) is 6.05. The van der Waals surface area contributed by atoms with E-state index in [1.165, 1.54) is 6.07 Å². The summed E-state index contributed by atoms with van der Waals surface area (Å²) >= 11 is 0. The largest absolute Gasteiger partial charge is 0.437 e. The predicted molar refractivity (Wildman–Crippen MR) is 76.4 cm³/mol. The second-order valence-electron chi connectivity index (χ2n) is 4.77. The van der Waals surface area contributed by atoms with Gasteiger partial charge in [-0.25, -0.2) is 0 Å². The third-order valence-corrected chi connectivity index (χ3v) is 3.26. The number of aromatic nitrogens is 1. The van der Waals surface area contributed by atoms with Gasteiger partial charge < -0.3 is 10.2 Å². The highest BCUT2D eigenvalue weighted by molar-refractivity contribution is 5.91. The Balaban J connectivity index is 2.59. The Hall–Kier alpha value is -2.87. The van der Waals surface area contributed by atoms with Crippen molar-refractivity contribution in [3.63, 3.8) is 0 Å². The lowest BCUT2D eigenvalue weighted by Gasteiger charge is -2.06. The molecule has 0 saturated carbocycles. The van der Waals surface area contributed by atoms with E-state index in [2.05, 4.69) is 4.98 Å². The van der Waals surface area contributed by atoms with Crippen molar-refractivity contribution >= 4 is 27.9 Å². The van der Waals surface area contributed by atoms with Crippen molar-refractivity contribution in [2.45, 2.75) is 13.8 Å². The van der Waals surface area contributed by atoms with E-state index in [1.54, 1.807) is 6.07 Å². The monoisotopic (exact) mass is 265 g/mol. The minimum absolute atomic E-state index is 0.0619. The van der Waals surface area contributed by atoms with E-state index in [9.17, 15) is 4.79 Å². The number of nitriles is 1. The summed E-state index contributed by atoms with van der Waals surface area (Å²) in [5, 5.41) is 9.76. The van der Waals surface area contributed by atoms with Crippen LogP contribution in [0.15, 0.2) is 27.4 Å². The maximum atomic E-state index is 12.5. The summed E-state index contributed by atoms with van der Waals surface area (Å²) in [5.41, 5.74) is 8.12. The summed E-state index contributed by atoms with van der Waals surface area (Å²) in [4.78, 5) is 16.6. The van der Waals surface area contributed by atoms with E-state index in [1.807, 2.05) is 26.0 Å². The first-order valence-electron chi connectivity index (χ1n) is 6.05. The lowest BCUT2D eigenvalue weighted by atomic mass is 10.1. The Morgan fingerprint density at radius 3 is 2.75 bits per heavy atom. The molecule has 98 valence electrons. The van der Waals surface area contributed by atoms with Crippen LogP contribution in [0.2, 0.25) is 0 Å². The van der Waals surface area contributed by atoms with E-state index in [-0.39, 0.29) is 27.9 Å². The minimum Gasteiger partial charge on any atom is -0.437 e. The Morgan fingerprint density at radius 1 is 1.30 bits per heavy atom. The third kappa shape index (κ3) is 1.62. The molecule has 0 spiro atoms. The molecular formula is C15H11N3O2. The van der Waals surface area contributed by atoms with Crippen LogP contribution >= 0.6 is 0 Å². The molecule has 5 heteroatoms. The van der Waals surface area contributed by atoms with E-state index in [0.717, 1.165) is 11.1 Å². The van der Waals surface area contributed by atoms with Crippen LogP contribution in [-0.4, -0.2) is 4.98 Å². The molecule has 0 saturated heterocycles. The summed E-state index contributed by atoms with van der Waals surface area (Å²) in [6.45, 7) is 3.78. The first kappa shape index (κ1) is 12.2. The van der Waals surface area contributed by atoms with Gasteiger partial charge in [0.05, 0.1) is 16.3 Å². The molecule has 0 aliphatic heterocycles. The fraction of sp³-hybridized carbons (Fsp3) is 0.133. The van der Waals surface area contributed by atoms with Gasteiger partial charge in [0.1, 0.15) is 17.5 Å². The second-order valence-corrected chi connectivity index (χ2v) is 4.77. The number of nitrogens with two attached hydrogens (primary N) is 1. The fourth-order valence-electron chi connectivity index (χ4n) is 2.38. The summed E-state index contributed by atoms with van der Waals surface area (Å²) in [6, 6.07) is 7.06. The highest BCUT2D eigenvalue weighted by Crippen LogP contribution is 2.23. The van der Waals surface area contributed by atoms with Crippen LogP contribution in [0, 0.1) is 25.2 Å². The van der Waals surface area contributed by atoms with Crippen LogP contribution in [0.4, 0.5) is 5.82 Å². The SMILES string of the molecule is Cc1cc(C)c2c(=O)c3cc(C#N)c(N)nc3oc2c1. The molecule has 2 aromatic heterocycles. The Bertz CT molecular complexity index is 965. The molecule has 0 atom stereocenters. The molecule has 0 amide bonds. The third-order valence-electron chi connectivity index (χ3n) is 3.26. The maximum Gasteiger partial charge on any atom is 0.232 e. The number of hydrogen-bond acceptors (Lipinski definition) is 5. The van der Waals surface area contributed by atoms with E-state index in [4.69, 9.17) is 15.4 Å². The molecule has 0 radical (unpaired) electrons. The fourth-order valence-corrected chi connectivity index (χ4v) is 2.38.